The van der Waals surface area contributed by atoms with E-state index < -0.39 is 11.9 Å². The van der Waals surface area contributed by atoms with E-state index >= 15 is 0 Å². The molecular formula is C13H12ClN3O3. The first-order valence-corrected chi connectivity index (χ1v) is 6.16. The van der Waals surface area contributed by atoms with Crippen LogP contribution in [0.3, 0.4) is 0 Å². The van der Waals surface area contributed by atoms with E-state index in [0.29, 0.717) is 18.1 Å². The van der Waals surface area contributed by atoms with E-state index in [-0.39, 0.29) is 11.1 Å². The minimum Gasteiger partial charge on any atom is -0.478 e. The Balaban J connectivity index is 2.71. The van der Waals surface area contributed by atoms with Crippen molar-refractivity contribution in [2.45, 2.75) is 0 Å². The maximum absolute atomic E-state index is 11.8. The summed E-state index contributed by atoms with van der Waals surface area (Å²) in [6.07, 6.45) is 1.28. The van der Waals surface area contributed by atoms with Crippen LogP contribution in [0.5, 0.6) is 0 Å². The second kappa shape index (κ2) is 7.81. The van der Waals surface area contributed by atoms with Crippen molar-refractivity contribution in [1.82, 2.24) is 5.32 Å². The highest BCUT2D eigenvalue weighted by atomic mass is 35.5. The predicted octanol–water partition coefficient (Wildman–Crippen LogP) is 1.56. The molecule has 0 unspecified atom stereocenters. The Morgan fingerprint density at radius 2 is 2.00 bits per heavy atom. The van der Waals surface area contributed by atoms with Gasteiger partial charge in [0.05, 0.1) is 5.56 Å². The van der Waals surface area contributed by atoms with E-state index in [1.807, 2.05) is 0 Å². The number of carboxylic acid groups (broad SMARTS) is 1. The van der Waals surface area contributed by atoms with Gasteiger partial charge in [0, 0.05) is 24.3 Å². The zero-order valence-corrected chi connectivity index (χ0v) is 11.1. The number of carbonyl (C=O) groups is 2. The molecule has 0 radical (unpaired) electrons. The van der Waals surface area contributed by atoms with Crippen LogP contribution >= 0.6 is 11.6 Å². The molecule has 0 aliphatic carbocycles. The average Bonchev–Trinajstić information content (AvgIpc) is 2.44. The molecule has 0 fully saturated rings. The zero-order chi connectivity index (χ0) is 15.0. The predicted molar refractivity (Wildman–Crippen MR) is 74.4 cm³/mol. The van der Waals surface area contributed by atoms with Crippen molar-refractivity contribution in [3.05, 3.63) is 41.6 Å². The van der Waals surface area contributed by atoms with Gasteiger partial charge in [-0.05, 0) is 24.3 Å². The Morgan fingerprint density at radius 1 is 1.35 bits per heavy atom. The highest BCUT2D eigenvalue weighted by Crippen LogP contribution is 2.10. The van der Waals surface area contributed by atoms with Crippen molar-refractivity contribution in [3.8, 4) is 6.07 Å². The Kier molecular flexibility index (Phi) is 6.07. The molecule has 0 aromatic heterocycles. The number of nitrogens with zero attached hydrogens (tertiary/aromatic N) is 1. The largest absolute Gasteiger partial charge is 0.478 e. The molecule has 1 aromatic carbocycles. The first kappa shape index (κ1) is 15.5. The topological polar surface area (TPSA) is 102 Å². The molecule has 0 saturated heterocycles. The molecule has 0 bridgehead atoms. The Labute approximate surface area is 120 Å². The fraction of sp³-hybridized carbons (Fsp3) is 0.154. The molecular weight excluding hydrogens is 282 g/mol. The summed E-state index contributed by atoms with van der Waals surface area (Å²) in [6, 6.07) is 7.38. The van der Waals surface area contributed by atoms with Crippen molar-refractivity contribution < 1.29 is 14.7 Å². The Bertz CT molecular complexity index is 561. The van der Waals surface area contributed by atoms with Crippen LogP contribution in [-0.4, -0.2) is 29.4 Å². The molecule has 1 amide bonds. The number of nitrogens with one attached hydrogen (secondary N) is 2. The number of anilines is 1. The molecule has 0 heterocycles. The van der Waals surface area contributed by atoms with E-state index in [1.165, 1.54) is 30.5 Å². The summed E-state index contributed by atoms with van der Waals surface area (Å²) < 4.78 is 0. The first-order chi connectivity index (χ1) is 9.58. The summed E-state index contributed by atoms with van der Waals surface area (Å²) in [6.45, 7) is 0.438. The van der Waals surface area contributed by atoms with Gasteiger partial charge in [0.25, 0.3) is 5.91 Å². The molecule has 6 nitrogen and oxygen atoms in total. The summed E-state index contributed by atoms with van der Waals surface area (Å²) in [5.74, 6) is -1.28. The molecule has 1 aromatic rings. The third-order valence-electron chi connectivity index (χ3n) is 2.24. The second-order valence-corrected chi connectivity index (χ2v) is 4.03. The van der Waals surface area contributed by atoms with Crippen molar-refractivity contribution in [2.24, 2.45) is 0 Å². The maximum atomic E-state index is 11.8. The van der Waals surface area contributed by atoms with Crippen LogP contribution < -0.4 is 10.6 Å². The Hall–Kier alpha value is -2.52. The van der Waals surface area contributed by atoms with Crippen molar-refractivity contribution in [3.63, 3.8) is 0 Å². The summed E-state index contributed by atoms with van der Waals surface area (Å²) in [7, 11) is 0. The lowest BCUT2D eigenvalue weighted by molar-refractivity contribution is -0.112. The van der Waals surface area contributed by atoms with Crippen LogP contribution in [0.1, 0.15) is 10.4 Å². The van der Waals surface area contributed by atoms with Crippen LogP contribution in [0, 0.1) is 11.3 Å². The lowest BCUT2D eigenvalue weighted by atomic mass is 10.2. The van der Waals surface area contributed by atoms with Crippen molar-refractivity contribution in [2.75, 3.05) is 17.7 Å². The molecule has 0 atom stereocenters. The number of benzene rings is 1. The minimum atomic E-state index is -1.05. The van der Waals surface area contributed by atoms with E-state index in [2.05, 4.69) is 10.6 Å². The van der Waals surface area contributed by atoms with Gasteiger partial charge in [0.15, 0.2) is 0 Å². The Morgan fingerprint density at radius 3 is 2.50 bits per heavy atom. The number of hydrogen-bond donors (Lipinski definition) is 3. The van der Waals surface area contributed by atoms with Gasteiger partial charge in [-0.3, -0.25) is 4.79 Å². The van der Waals surface area contributed by atoms with Crippen molar-refractivity contribution >= 4 is 29.2 Å². The van der Waals surface area contributed by atoms with Crippen LogP contribution in [0.15, 0.2) is 36.0 Å². The van der Waals surface area contributed by atoms with Crippen LogP contribution in [0.25, 0.3) is 0 Å². The van der Waals surface area contributed by atoms with E-state index in [9.17, 15) is 9.59 Å². The number of rotatable bonds is 6. The van der Waals surface area contributed by atoms with Gasteiger partial charge in [-0.25, -0.2) is 4.79 Å². The van der Waals surface area contributed by atoms with Gasteiger partial charge >= 0.3 is 5.97 Å². The molecule has 1 rings (SSSR count). The smallest absolute Gasteiger partial charge is 0.335 e. The molecule has 0 saturated carbocycles. The highest BCUT2D eigenvalue weighted by Gasteiger charge is 2.09. The van der Waals surface area contributed by atoms with Crippen LogP contribution in [0.2, 0.25) is 0 Å². The molecule has 0 spiro atoms. The number of carboxylic acids is 1. The zero-order valence-electron chi connectivity index (χ0n) is 10.4. The lowest BCUT2D eigenvalue weighted by Gasteiger charge is -2.05. The van der Waals surface area contributed by atoms with Crippen molar-refractivity contribution in [1.29, 1.82) is 5.26 Å². The number of carbonyl (C=O) groups excluding carboxylic acids is 1. The molecule has 3 N–H and O–H groups in total. The molecule has 7 heteroatoms. The SMILES string of the molecule is N#C/C(=C/NCCCl)C(=O)Nc1ccc(C(=O)O)cc1. The highest BCUT2D eigenvalue weighted by molar-refractivity contribution is 6.18. The van der Waals surface area contributed by atoms with Gasteiger partial charge < -0.3 is 15.7 Å². The molecule has 104 valence electrons. The number of hydrogen-bond acceptors (Lipinski definition) is 4. The summed E-state index contributed by atoms with van der Waals surface area (Å²) in [4.78, 5) is 22.4. The summed E-state index contributed by atoms with van der Waals surface area (Å²) >= 11 is 5.45. The molecule has 0 aliphatic heterocycles. The average molecular weight is 294 g/mol. The number of halogens is 1. The fourth-order valence-corrected chi connectivity index (χ4v) is 1.38. The van der Waals surface area contributed by atoms with Gasteiger partial charge in [0.1, 0.15) is 11.6 Å². The van der Waals surface area contributed by atoms with E-state index in [1.54, 1.807) is 6.07 Å². The third-order valence-corrected chi connectivity index (χ3v) is 2.43. The van der Waals surface area contributed by atoms with E-state index in [4.69, 9.17) is 22.0 Å². The third kappa shape index (κ3) is 4.63. The van der Waals surface area contributed by atoms with Gasteiger partial charge in [-0.15, -0.1) is 11.6 Å². The minimum absolute atomic E-state index is 0.0996. The number of nitriles is 1. The molecule has 20 heavy (non-hydrogen) atoms. The first-order valence-electron chi connectivity index (χ1n) is 5.62. The van der Waals surface area contributed by atoms with E-state index in [0.717, 1.165) is 0 Å². The van der Waals surface area contributed by atoms with Crippen LogP contribution in [-0.2, 0) is 4.79 Å². The summed E-state index contributed by atoms with van der Waals surface area (Å²) in [5, 5.41) is 22.8. The monoisotopic (exact) mass is 293 g/mol. The summed E-state index contributed by atoms with van der Waals surface area (Å²) in [5.41, 5.74) is 0.416. The standard InChI is InChI=1S/C13H12ClN3O3/c14-5-6-16-8-10(7-15)12(18)17-11-3-1-9(2-4-11)13(19)20/h1-4,8,16H,5-6H2,(H,17,18)(H,19,20)/b10-8-. The van der Waals surface area contributed by atoms with Gasteiger partial charge in [0.2, 0.25) is 0 Å². The quantitative estimate of drug-likeness (QED) is 0.320. The number of amides is 1. The fourth-order valence-electron chi connectivity index (χ4n) is 1.27. The molecule has 0 aliphatic rings. The number of alkyl halides is 1. The number of aromatic carboxylic acids is 1. The normalized spacial score (nSPS) is 10.5. The van der Waals surface area contributed by atoms with Crippen LogP contribution in [0.4, 0.5) is 5.69 Å². The maximum Gasteiger partial charge on any atom is 0.335 e. The van der Waals surface area contributed by atoms with Gasteiger partial charge in [-0.1, -0.05) is 0 Å². The van der Waals surface area contributed by atoms with Gasteiger partial charge in [-0.2, -0.15) is 5.26 Å². The lowest BCUT2D eigenvalue weighted by Crippen LogP contribution is -2.17. The second-order valence-electron chi connectivity index (χ2n) is 3.65.